The molecule has 0 aliphatic rings. The van der Waals surface area contributed by atoms with E-state index in [2.05, 4.69) is 187 Å². The van der Waals surface area contributed by atoms with Crippen molar-refractivity contribution < 1.29 is 4.42 Å². The van der Waals surface area contributed by atoms with E-state index in [0.717, 1.165) is 61.2 Å². The van der Waals surface area contributed by atoms with Gasteiger partial charge < -0.3 is 4.42 Å². The summed E-state index contributed by atoms with van der Waals surface area (Å²) in [6.07, 6.45) is 0. The highest BCUT2D eigenvalue weighted by Gasteiger charge is 2.23. The van der Waals surface area contributed by atoms with Crippen molar-refractivity contribution in [1.82, 2.24) is 9.55 Å². The van der Waals surface area contributed by atoms with Gasteiger partial charge in [0.1, 0.15) is 17.0 Å². The van der Waals surface area contributed by atoms with E-state index in [1.165, 1.54) is 43.8 Å². The second-order valence-electron chi connectivity index (χ2n) is 13.9. The van der Waals surface area contributed by atoms with Crippen LogP contribution in [0, 0.1) is 0 Å². The smallest absolute Gasteiger partial charge is 0.145 e. The van der Waals surface area contributed by atoms with Gasteiger partial charge in [0.05, 0.1) is 16.7 Å². The predicted molar refractivity (Wildman–Crippen MR) is 225 cm³/mol. The Morgan fingerprint density at radius 3 is 1.80 bits per heavy atom. The van der Waals surface area contributed by atoms with Crippen molar-refractivity contribution >= 4 is 54.5 Å². The van der Waals surface area contributed by atoms with Crippen LogP contribution in [-0.2, 0) is 0 Å². The van der Waals surface area contributed by atoms with Gasteiger partial charge in [-0.2, -0.15) is 0 Å². The lowest BCUT2D eigenvalue weighted by atomic mass is 9.84. The number of hydrogen-bond donors (Lipinski definition) is 0. The van der Waals surface area contributed by atoms with Crippen molar-refractivity contribution in [3.63, 3.8) is 0 Å². The molecule has 54 heavy (non-hydrogen) atoms. The molecule has 11 rings (SSSR count). The third-order valence-electron chi connectivity index (χ3n) is 10.8. The molecule has 0 N–H and O–H groups in total. The van der Waals surface area contributed by atoms with Gasteiger partial charge in [-0.3, -0.25) is 4.57 Å². The van der Waals surface area contributed by atoms with Crippen molar-refractivity contribution in [2.75, 3.05) is 0 Å². The highest BCUT2D eigenvalue weighted by molar-refractivity contribution is 6.23. The zero-order valence-corrected chi connectivity index (χ0v) is 29.3. The molecule has 252 valence electrons. The van der Waals surface area contributed by atoms with Gasteiger partial charge in [0, 0.05) is 21.9 Å². The zero-order chi connectivity index (χ0) is 35.6. The highest BCUT2D eigenvalue weighted by atomic mass is 16.3. The first-order valence-electron chi connectivity index (χ1n) is 18.4. The fourth-order valence-electron chi connectivity index (χ4n) is 8.40. The number of hydrogen-bond acceptors (Lipinski definition) is 2. The van der Waals surface area contributed by atoms with E-state index >= 15 is 0 Å². The summed E-state index contributed by atoms with van der Waals surface area (Å²) in [6, 6.07) is 69.3. The average molecular weight is 689 g/mol. The lowest BCUT2D eigenvalue weighted by Gasteiger charge is -2.21. The number of imidazole rings is 1. The molecule has 11 aromatic rings. The Kier molecular flexibility index (Phi) is 6.86. The van der Waals surface area contributed by atoms with Crippen molar-refractivity contribution in [2.45, 2.75) is 0 Å². The van der Waals surface area contributed by atoms with E-state index in [-0.39, 0.29) is 0 Å². The van der Waals surface area contributed by atoms with Gasteiger partial charge in [-0.15, -0.1) is 0 Å². The first-order valence-corrected chi connectivity index (χ1v) is 18.4. The second-order valence-corrected chi connectivity index (χ2v) is 13.9. The van der Waals surface area contributed by atoms with Crippen LogP contribution in [0.4, 0.5) is 0 Å². The van der Waals surface area contributed by atoms with Gasteiger partial charge in [0.2, 0.25) is 0 Å². The minimum atomic E-state index is 0.894. The van der Waals surface area contributed by atoms with Crippen molar-refractivity contribution in [3.8, 4) is 50.5 Å². The largest absolute Gasteiger partial charge is 0.456 e. The number of nitrogens with zero attached hydrogens (tertiary/aromatic N) is 2. The molecule has 2 aromatic heterocycles. The first-order chi connectivity index (χ1) is 26.8. The topological polar surface area (TPSA) is 31.0 Å². The monoisotopic (exact) mass is 688 g/mol. The van der Waals surface area contributed by atoms with Crippen LogP contribution >= 0.6 is 0 Å². The Balaban J connectivity index is 1.26. The summed E-state index contributed by atoms with van der Waals surface area (Å²) in [7, 11) is 0. The number of rotatable bonds is 5. The molecule has 0 saturated carbocycles. The first kappa shape index (κ1) is 30.4. The molecule has 0 amide bonds. The summed E-state index contributed by atoms with van der Waals surface area (Å²) < 4.78 is 8.62. The third kappa shape index (κ3) is 4.72. The Labute approximate surface area is 312 Å². The standard InChI is InChI=1S/C51H32N2O/c1-3-15-33(16-4-1)35-27-29-40-43(31-35)49(36-28-30-48-42(32-36)37-19-10-14-26-47(37)54-48)38-20-7-8-21-39(38)50(40)41-22-9-12-24-45(41)53-46-25-13-11-23-44(46)52-51(53)34-17-5-2-6-18-34/h1-32H. The molecule has 0 bridgehead atoms. The molecule has 2 heterocycles. The molecular formula is C51H32N2O. The third-order valence-corrected chi connectivity index (χ3v) is 10.8. The van der Waals surface area contributed by atoms with E-state index in [0.29, 0.717) is 0 Å². The van der Waals surface area contributed by atoms with Crippen LogP contribution in [0.2, 0.25) is 0 Å². The summed E-state index contributed by atoms with van der Waals surface area (Å²) in [5.41, 5.74) is 13.1. The van der Waals surface area contributed by atoms with E-state index in [1.807, 2.05) is 12.1 Å². The van der Waals surface area contributed by atoms with Crippen LogP contribution in [0.5, 0.6) is 0 Å². The molecule has 0 fully saturated rings. The zero-order valence-electron chi connectivity index (χ0n) is 29.3. The van der Waals surface area contributed by atoms with Crippen LogP contribution in [0.25, 0.3) is 105 Å². The molecule has 3 nitrogen and oxygen atoms in total. The summed E-state index contributed by atoms with van der Waals surface area (Å²) in [4.78, 5) is 5.21. The molecule has 0 saturated heterocycles. The van der Waals surface area contributed by atoms with Gasteiger partial charge in [-0.05, 0) is 91.8 Å². The van der Waals surface area contributed by atoms with E-state index < -0.39 is 0 Å². The maximum atomic E-state index is 6.29. The van der Waals surface area contributed by atoms with Crippen LogP contribution in [-0.4, -0.2) is 9.55 Å². The van der Waals surface area contributed by atoms with Crippen LogP contribution in [0.3, 0.4) is 0 Å². The molecule has 0 unspecified atom stereocenters. The van der Waals surface area contributed by atoms with Gasteiger partial charge in [0.15, 0.2) is 0 Å². The Morgan fingerprint density at radius 1 is 0.370 bits per heavy atom. The fraction of sp³-hybridized carbons (Fsp3) is 0. The van der Waals surface area contributed by atoms with Crippen molar-refractivity contribution in [2.24, 2.45) is 0 Å². The van der Waals surface area contributed by atoms with Crippen molar-refractivity contribution in [3.05, 3.63) is 194 Å². The lowest BCUT2D eigenvalue weighted by molar-refractivity contribution is 0.669. The van der Waals surface area contributed by atoms with Crippen LogP contribution < -0.4 is 0 Å². The van der Waals surface area contributed by atoms with Gasteiger partial charge in [0.25, 0.3) is 0 Å². The van der Waals surface area contributed by atoms with Crippen LogP contribution in [0.1, 0.15) is 0 Å². The molecule has 3 heteroatoms. The average Bonchev–Trinajstić information content (AvgIpc) is 3.82. The molecule has 0 atom stereocenters. The number of furan rings is 1. The Hall–Kier alpha value is -7.23. The maximum absolute atomic E-state index is 6.29. The van der Waals surface area contributed by atoms with Gasteiger partial charge in [-0.25, -0.2) is 4.98 Å². The molecule has 0 radical (unpaired) electrons. The van der Waals surface area contributed by atoms with E-state index in [4.69, 9.17) is 9.40 Å². The molecule has 0 spiro atoms. The molecule has 9 aromatic carbocycles. The Bertz CT molecular complexity index is 3210. The highest BCUT2D eigenvalue weighted by Crippen LogP contribution is 2.47. The van der Waals surface area contributed by atoms with Gasteiger partial charge in [-0.1, -0.05) is 152 Å². The summed E-state index contributed by atoms with van der Waals surface area (Å²) >= 11 is 0. The van der Waals surface area contributed by atoms with E-state index in [9.17, 15) is 0 Å². The Morgan fingerprint density at radius 2 is 0.963 bits per heavy atom. The van der Waals surface area contributed by atoms with Crippen LogP contribution in [0.15, 0.2) is 199 Å². The number of para-hydroxylation sites is 4. The summed E-state index contributed by atoms with van der Waals surface area (Å²) in [5, 5.41) is 7.03. The quantitative estimate of drug-likeness (QED) is 0.169. The molecule has 0 aliphatic carbocycles. The normalized spacial score (nSPS) is 11.7. The molecular weight excluding hydrogens is 657 g/mol. The lowest BCUT2D eigenvalue weighted by Crippen LogP contribution is -2.01. The SMILES string of the molecule is c1ccc(-c2ccc3c(-c4ccccc4-n4c(-c5ccccc5)nc5ccccc54)c4ccccc4c(-c4ccc5oc6ccccc6c5c4)c3c2)cc1. The number of aromatic nitrogens is 2. The maximum Gasteiger partial charge on any atom is 0.145 e. The summed E-state index contributed by atoms with van der Waals surface area (Å²) in [6.45, 7) is 0. The number of benzene rings is 9. The predicted octanol–water partition coefficient (Wildman–Crippen LogP) is 13.9. The van der Waals surface area contributed by atoms with Crippen molar-refractivity contribution in [1.29, 1.82) is 0 Å². The molecule has 0 aliphatic heterocycles. The second kappa shape index (κ2) is 12.2. The minimum absolute atomic E-state index is 0.894. The van der Waals surface area contributed by atoms with Gasteiger partial charge >= 0.3 is 0 Å². The minimum Gasteiger partial charge on any atom is -0.456 e. The summed E-state index contributed by atoms with van der Waals surface area (Å²) in [5.74, 6) is 0.918. The fourth-order valence-corrected chi connectivity index (χ4v) is 8.40. The van der Waals surface area contributed by atoms with E-state index in [1.54, 1.807) is 0 Å². The number of fused-ring (bicyclic) bond motifs is 6.